The number of halogens is 2. The summed E-state index contributed by atoms with van der Waals surface area (Å²) in [5.41, 5.74) is 1.29. The zero-order valence-corrected chi connectivity index (χ0v) is 10.5. The summed E-state index contributed by atoms with van der Waals surface area (Å²) < 4.78 is 24.0. The zero-order chi connectivity index (χ0) is 12.0. The highest BCUT2D eigenvalue weighted by Gasteiger charge is 2.06. The lowest BCUT2D eigenvalue weighted by Gasteiger charge is -2.15. The lowest BCUT2D eigenvalue weighted by molar-refractivity contribution is 0.101. The van der Waals surface area contributed by atoms with Gasteiger partial charge in [0.2, 0.25) is 0 Å². The van der Waals surface area contributed by atoms with E-state index in [2.05, 4.69) is 23.7 Å². The number of nitrogens with one attached hydrogen (secondary N) is 1. The molecule has 0 spiro atoms. The van der Waals surface area contributed by atoms with Crippen LogP contribution in [0.1, 0.15) is 10.4 Å². The molecule has 0 fully saturated rings. The number of aryl methyl sites for hydroxylation is 1. The van der Waals surface area contributed by atoms with Gasteiger partial charge in [0.1, 0.15) is 0 Å². The van der Waals surface area contributed by atoms with Crippen molar-refractivity contribution in [1.82, 2.24) is 10.2 Å². The molecule has 0 aliphatic heterocycles. The first-order valence-corrected chi connectivity index (χ1v) is 6.18. The predicted octanol–water partition coefficient (Wildman–Crippen LogP) is 2.34. The van der Waals surface area contributed by atoms with Gasteiger partial charge in [-0.25, -0.2) is 8.78 Å². The summed E-state index contributed by atoms with van der Waals surface area (Å²) in [5, 5.41) is 5.32. The lowest BCUT2D eigenvalue weighted by Crippen LogP contribution is -2.32. The molecule has 0 saturated carbocycles. The Balaban J connectivity index is 2.10. The summed E-state index contributed by atoms with van der Waals surface area (Å²) in [4.78, 5) is 2.95. The maximum absolute atomic E-state index is 12.0. The fourth-order valence-electron chi connectivity index (χ4n) is 1.38. The van der Waals surface area contributed by atoms with Gasteiger partial charge >= 0.3 is 0 Å². The second kappa shape index (κ2) is 6.93. The molecule has 1 N–H and O–H groups in total. The van der Waals surface area contributed by atoms with Gasteiger partial charge in [0, 0.05) is 24.5 Å². The Bertz CT molecular complexity index is 302. The van der Waals surface area contributed by atoms with E-state index < -0.39 is 6.43 Å². The van der Waals surface area contributed by atoms with Crippen molar-refractivity contribution in [3.05, 3.63) is 21.9 Å². The normalized spacial score (nSPS) is 11.6. The van der Waals surface area contributed by atoms with Gasteiger partial charge in [-0.2, -0.15) is 0 Å². The van der Waals surface area contributed by atoms with E-state index in [0.29, 0.717) is 6.54 Å². The van der Waals surface area contributed by atoms with Crippen LogP contribution < -0.4 is 5.32 Å². The number of alkyl halides is 2. The summed E-state index contributed by atoms with van der Waals surface area (Å²) >= 11 is 1.72. The van der Waals surface area contributed by atoms with E-state index in [1.54, 1.807) is 23.3 Å². The molecule has 1 rings (SSSR count). The number of hydrogen-bond donors (Lipinski definition) is 1. The number of hydrogen-bond acceptors (Lipinski definition) is 3. The molecule has 1 aromatic rings. The van der Waals surface area contributed by atoms with Crippen LogP contribution in [-0.2, 0) is 6.54 Å². The minimum atomic E-state index is -2.25. The third-order valence-electron chi connectivity index (χ3n) is 2.37. The molecule has 0 bridgehead atoms. The van der Waals surface area contributed by atoms with Crippen molar-refractivity contribution >= 4 is 11.3 Å². The molecule has 0 aliphatic rings. The Labute approximate surface area is 99.3 Å². The van der Waals surface area contributed by atoms with Crippen molar-refractivity contribution in [2.45, 2.75) is 19.9 Å². The highest BCUT2D eigenvalue weighted by molar-refractivity contribution is 7.10. The molecule has 0 atom stereocenters. The van der Waals surface area contributed by atoms with Crippen LogP contribution in [0.15, 0.2) is 11.4 Å². The van der Waals surface area contributed by atoms with Gasteiger partial charge in [-0.3, -0.25) is 4.90 Å². The standard InChI is InChI=1S/C11H18F2N2S/c1-9-3-6-16-10(9)7-14-4-5-15(2)8-11(12)13/h3,6,11,14H,4-5,7-8H2,1-2H3. The van der Waals surface area contributed by atoms with Crippen LogP contribution in [0.2, 0.25) is 0 Å². The van der Waals surface area contributed by atoms with Gasteiger partial charge in [0.05, 0.1) is 6.54 Å². The molecule has 0 aliphatic carbocycles. The number of nitrogens with zero attached hydrogens (tertiary/aromatic N) is 1. The van der Waals surface area contributed by atoms with E-state index in [9.17, 15) is 8.78 Å². The molecular formula is C11H18F2N2S. The maximum atomic E-state index is 12.0. The average Bonchev–Trinajstić information content (AvgIpc) is 2.58. The quantitative estimate of drug-likeness (QED) is 0.745. The Morgan fingerprint density at radius 3 is 2.81 bits per heavy atom. The number of thiophene rings is 1. The number of rotatable bonds is 7. The summed E-state index contributed by atoms with van der Waals surface area (Å²) in [6.07, 6.45) is -2.25. The molecule has 0 radical (unpaired) electrons. The number of likely N-dealkylation sites (N-methyl/N-ethyl adjacent to an activating group) is 1. The Morgan fingerprint density at radius 1 is 1.50 bits per heavy atom. The molecule has 16 heavy (non-hydrogen) atoms. The van der Waals surface area contributed by atoms with Crippen LogP contribution in [0.25, 0.3) is 0 Å². The van der Waals surface area contributed by atoms with E-state index in [-0.39, 0.29) is 6.54 Å². The smallest absolute Gasteiger partial charge is 0.251 e. The molecular weight excluding hydrogens is 230 g/mol. The lowest BCUT2D eigenvalue weighted by atomic mass is 10.3. The Kier molecular flexibility index (Phi) is 5.87. The largest absolute Gasteiger partial charge is 0.311 e. The monoisotopic (exact) mass is 248 g/mol. The van der Waals surface area contributed by atoms with E-state index in [1.165, 1.54) is 10.4 Å². The first-order valence-electron chi connectivity index (χ1n) is 5.30. The molecule has 92 valence electrons. The molecule has 0 unspecified atom stereocenters. The first-order chi connectivity index (χ1) is 7.59. The maximum Gasteiger partial charge on any atom is 0.251 e. The summed E-state index contributed by atoms with van der Waals surface area (Å²) in [6.45, 7) is 4.14. The van der Waals surface area contributed by atoms with Crippen LogP contribution >= 0.6 is 11.3 Å². The molecule has 0 aromatic carbocycles. The van der Waals surface area contributed by atoms with Crippen LogP contribution in [0.4, 0.5) is 8.78 Å². The van der Waals surface area contributed by atoms with E-state index >= 15 is 0 Å². The van der Waals surface area contributed by atoms with Gasteiger partial charge in [-0.15, -0.1) is 11.3 Å². The van der Waals surface area contributed by atoms with Crippen LogP contribution in [0.5, 0.6) is 0 Å². The average molecular weight is 248 g/mol. The fraction of sp³-hybridized carbons (Fsp3) is 0.636. The van der Waals surface area contributed by atoms with Crippen molar-refractivity contribution in [2.75, 3.05) is 26.7 Å². The zero-order valence-electron chi connectivity index (χ0n) is 9.67. The second-order valence-corrected chi connectivity index (χ2v) is 4.86. The highest BCUT2D eigenvalue weighted by Crippen LogP contribution is 2.14. The van der Waals surface area contributed by atoms with E-state index in [4.69, 9.17) is 0 Å². The van der Waals surface area contributed by atoms with Crippen LogP contribution in [-0.4, -0.2) is 38.0 Å². The summed E-state index contributed by atoms with van der Waals surface area (Å²) in [5.74, 6) is 0. The topological polar surface area (TPSA) is 15.3 Å². The summed E-state index contributed by atoms with van der Waals surface area (Å²) in [7, 11) is 1.71. The van der Waals surface area contributed by atoms with Crippen molar-refractivity contribution in [3.8, 4) is 0 Å². The molecule has 0 amide bonds. The van der Waals surface area contributed by atoms with Crippen molar-refractivity contribution in [3.63, 3.8) is 0 Å². The predicted molar refractivity (Wildman–Crippen MR) is 64.3 cm³/mol. The van der Waals surface area contributed by atoms with E-state index in [0.717, 1.165) is 13.1 Å². The third-order valence-corrected chi connectivity index (χ3v) is 3.40. The van der Waals surface area contributed by atoms with Crippen molar-refractivity contribution in [2.24, 2.45) is 0 Å². The van der Waals surface area contributed by atoms with Crippen molar-refractivity contribution < 1.29 is 8.78 Å². The highest BCUT2D eigenvalue weighted by atomic mass is 32.1. The van der Waals surface area contributed by atoms with Gasteiger partial charge < -0.3 is 5.32 Å². The Morgan fingerprint density at radius 2 is 2.25 bits per heavy atom. The third kappa shape index (κ3) is 5.01. The fourth-order valence-corrected chi connectivity index (χ4v) is 2.26. The van der Waals surface area contributed by atoms with Crippen LogP contribution in [0, 0.1) is 6.92 Å². The van der Waals surface area contributed by atoms with Gasteiger partial charge in [-0.1, -0.05) is 0 Å². The second-order valence-electron chi connectivity index (χ2n) is 3.86. The molecule has 5 heteroatoms. The molecule has 1 aromatic heterocycles. The summed E-state index contributed by atoms with van der Waals surface area (Å²) in [6, 6.07) is 2.09. The minimum Gasteiger partial charge on any atom is -0.311 e. The molecule has 0 saturated heterocycles. The van der Waals surface area contributed by atoms with Gasteiger partial charge in [0.15, 0.2) is 0 Å². The van der Waals surface area contributed by atoms with E-state index in [1.807, 2.05) is 0 Å². The Hall–Kier alpha value is -0.520. The van der Waals surface area contributed by atoms with Gasteiger partial charge in [-0.05, 0) is 31.0 Å². The van der Waals surface area contributed by atoms with Crippen LogP contribution in [0.3, 0.4) is 0 Å². The molecule has 2 nitrogen and oxygen atoms in total. The SMILES string of the molecule is Cc1ccsc1CNCCN(C)CC(F)F. The van der Waals surface area contributed by atoms with Gasteiger partial charge in [0.25, 0.3) is 6.43 Å². The van der Waals surface area contributed by atoms with Crippen molar-refractivity contribution in [1.29, 1.82) is 0 Å². The molecule has 1 heterocycles. The minimum absolute atomic E-state index is 0.153. The first kappa shape index (κ1) is 13.5.